The summed E-state index contributed by atoms with van der Waals surface area (Å²) in [5.74, 6) is -0.342. The van der Waals surface area contributed by atoms with Crippen LogP contribution in [0.15, 0.2) is 36.9 Å². The number of nitrogens with zero attached hydrogens (tertiary/aromatic N) is 1. The molecule has 2 N–H and O–H groups in total. The van der Waals surface area contributed by atoms with Crippen molar-refractivity contribution in [3.8, 4) is 0 Å². The van der Waals surface area contributed by atoms with Gasteiger partial charge in [0.25, 0.3) is 5.91 Å². The average Bonchev–Trinajstić information content (AvgIpc) is 2.60. The second-order valence-electron chi connectivity index (χ2n) is 5.87. The van der Waals surface area contributed by atoms with Crippen molar-refractivity contribution in [2.24, 2.45) is 0 Å². The van der Waals surface area contributed by atoms with Gasteiger partial charge in [0.1, 0.15) is 0 Å². The molecule has 1 saturated heterocycles. The molecule has 1 heterocycles. The Hall–Kier alpha value is -2.63. The van der Waals surface area contributed by atoms with Gasteiger partial charge in [-0.15, -0.1) is 0 Å². The summed E-state index contributed by atoms with van der Waals surface area (Å²) >= 11 is 0. The number of likely N-dealkylation sites (tertiary alicyclic amines) is 1. The van der Waals surface area contributed by atoms with E-state index in [1.165, 1.54) is 6.08 Å². The summed E-state index contributed by atoms with van der Waals surface area (Å²) in [4.78, 5) is 37.1. The molecule has 1 atom stereocenters. The zero-order chi connectivity index (χ0) is 17.5. The summed E-state index contributed by atoms with van der Waals surface area (Å²) < 4.78 is 0. The highest BCUT2D eigenvalue weighted by Gasteiger charge is 2.23. The molecule has 0 aliphatic carbocycles. The molecule has 6 nitrogen and oxygen atoms in total. The normalized spacial score (nSPS) is 15.5. The molecule has 1 aromatic rings. The quantitative estimate of drug-likeness (QED) is 0.783. The van der Waals surface area contributed by atoms with E-state index in [1.54, 1.807) is 24.3 Å². The molecular formula is C18H23N3O3. The molecule has 0 bridgehead atoms. The van der Waals surface area contributed by atoms with E-state index < -0.39 is 0 Å². The molecular weight excluding hydrogens is 306 g/mol. The third-order valence-electron chi connectivity index (χ3n) is 4.05. The highest BCUT2D eigenvalue weighted by Crippen LogP contribution is 2.14. The van der Waals surface area contributed by atoms with Crippen molar-refractivity contribution < 1.29 is 14.4 Å². The number of nitrogens with one attached hydrogen (secondary N) is 2. The zero-order valence-electron chi connectivity index (χ0n) is 13.9. The Balaban J connectivity index is 1.86. The van der Waals surface area contributed by atoms with Gasteiger partial charge in [0.2, 0.25) is 11.8 Å². The lowest BCUT2D eigenvalue weighted by molar-refractivity contribution is -0.135. The maximum atomic E-state index is 12.2. The van der Waals surface area contributed by atoms with Crippen LogP contribution in [0.5, 0.6) is 0 Å². The number of carbonyl (C=O) groups is 3. The number of benzene rings is 1. The minimum Gasteiger partial charge on any atom is -0.350 e. The Morgan fingerprint density at radius 3 is 2.62 bits per heavy atom. The fourth-order valence-corrected chi connectivity index (χ4v) is 2.64. The van der Waals surface area contributed by atoms with Gasteiger partial charge in [-0.25, -0.2) is 0 Å². The summed E-state index contributed by atoms with van der Waals surface area (Å²) in [6.07, 6.45) is 3.74. The van der Waals surface area contributed by atoms with Gasteiger partial charge >= 0.3 is 0 Å². The molecule has 24 heavy (non-hydrogen) atoms. The molecule has 0 radical (unpaired) electrons. The smallest absolute Gasteiger partial charge is 0.251 e. The van der Waals surface area contributed by atoms with Crippen LogP contribution < -0.4 is 10.6 Å². The number of carbonyl (C=O) groups excluding carboxylic acids is 3. The van der Waals surface area contributed by atoms with Crippen molar-refractivity contribution in [3.63, 3.8) is 0 Å². The third-order valence-corrected chi connectivity index (χ3v) is 4.05. The lowest BCUT2D eigenvalue weighted by Crippen LogP contribution is -2.47. The van der Waals surface area contributed by atoms with Crippen molar-refractivity contribution in [1.29, 1.82) is 0 Å². The predicted octanol–water partition coefficient (Wildman–Crippen LogP) is 1.94. The minimum absolute atomic E-state index is 0.0205. The lowest BCUT2D eigenvalue weighted by Gasteiger charge is -2.32. The fourth-order valence-electron chi connectivity index (χ4n) is 2.64. The Morgan fingerprint density at radius 2 is 2.00 bits per heavy atom. The fraction of sp³-hybridized carbons (Fsp3) is 0.389. The van der Waals surface area contributed by atoms with E-state index in [2.05, 4.69) is 17.2 Å². The van der Waals surface area contributed by atoms with Gasteiger partial charge in [0, 0.05) is 36.8 Å². The number of rotatable bonds is 6. The lowest BCUT2D eigenvalue weighted by atomic mass is 10.1. The van der Waals surface area contributed by atoms with Gasteiger partial charge in [-0.05, 0) is 50.1 Å². The number of amides is 3. The van der Waals surface area contributed by atoms with Crippen LogP contribution in [0, 0.1) is 0 Å². The summed E-state index contributed by atoms with van der Waals surface area (Å²) in [7, 11) is 0. The minimum atomic E-state index is -0.299. The van der Waals surface area contributed by atoms with Crippen molar-refractivity contribution in [2.75, 3.05) is 18.4 Å². The molecule has 0 aromatic heterocycles. The summed E-state index contributed by atoms with van der Waals surface area (Å²) in [5, 5.41) is 5.47. The molecule has 0 saturated carbocycles. The van der Waals surface area contributed by atoms with Crippen LogP contribution in [0.4, 0.5) is 5.69 Å². The number of anilines is 1. The molecule has 0 spiro atoms. The van der Waals surface area contributed by atoms with Crippen LogP contribution in [-0.4, -0.2) is 41.8 Å². The first-order valence-corrected chi connectivity index (χ1v) is 8.12. The number of hydrogen-bond acceptors (Lipinski definition) is 3. The first kappa shape index (κ1) is 17.7. The van der Waals surface area contributed by atoms with Crippen molar-refractivity contribution in [1.82, 2.24) is 10.2 Å². The van der Waals surface area contributed by atoms with Gasteiger partial charge in [0.15, 0.2) is 0 Å². The van der Waals surface area contributed by atoms with Gasteiger partial charge in [-0.3, -0.25) is 14.4 Å². The first-order valence-electron chi connectivity index (χ1n) is 8.12. The average molecular weight is 329 g/mol. The molecule has 1 unspecified atom stereocenters. The molecule has 1 aliphatic rings. The van der Waals surface area contributed by atoms with Crippen LogP contribution in [-0.2, 0) is 9.59 Å². The summed E-state index contributed by atoms with van der Waals surface area (Å²) in [5.41, 5.74) is 1.10. The first-order chi connectivity index (χ1) is 11.5. The Kier molecular flexibility index (Phi) is 6.12. The maximum Gasteiger partial charge on any atom is 0.251 e. The zero-order valence-corrected chi connectivity index (χ0v) is 13.9. The number of hydrogen-bond donors (Lipinski definition) is 2. The Labute approximate surface area is 141 Å². The highest BCUT2D eigenvalue weighted by atomic mass is 16.2. The van der Waals surface area contributed by atoms with Gasteiger partial charge in [-0.2, -0.15) is 0 Å². The van der Waals surface area contributed by atoms with Gasteiger partial charge < -0.3 is 15.5 Å². The monoisotopic (exact) mass is 329 g/mol. The second kappa shape index (κ2) is 8.29. The number of piperidine rings is 1. The second-order valence-corrected chi connectivity index (χ2v) is 5.87. The van der Waals surface area contributed by atoms with E-state index in [9.17, 15) is 14.4 Å². The molecule has 1 aromatic carbocycles. The van der Waals surface area contributed by atoms with Crippen molar-refractivity contribution >= 4 is 23.4 Å². The topological polar surface area (TPSA) is 78.5 Å². The largest absolute Gasteiger partial charge is 0.350 e. The molecule has 2 rings (SSSR count). The van der Waals surface area contributed by atoms with E-state index in [-0.39, 0.29) is 23.8 Å². The van der Waals surface area contributed by atoms with E-state index in [4.69, 9.17) is 0 Å². The van der Waals surface area contributed by atoms with Crippen LogP contribution in [0.1, 0.15) is 36.5 Å². The van der Waals surface area contributed by atoms with E-state index >= 15 is 0 Å². The van der Waals surface area contributed by atoms with E-state index in [0.29, 0.717) is 24.2 Å². The van der Waals surface area contributed by atoms with Gasteiger partial charge in [0.05, 0.1) is 0 Å². The molecule has 3 amide bonds. The predicted molar refractivity (Wildman–Crippen MR) is 92.6 cm³/mol. The van der Waals surface area contributed by atoms with E-state index in [1.807, 2.05) is 11.8 Å². The third kappa shape index (κ3) is 4.68. The maximum absolute atomic E-state index is 12.2. The Bertz CT molecular complexity index is 625. The van der Waals surface area contributed by atoms with Gasteiger partial charge in [-0.1, -0.05) is 6.58 Å². The SMILES string of the molecule is C=CC(=O)Nc1ccc(C(=O)NCC(C)N2CCCCC2=O)cc1. The highest BCUT2D eigenvalue weighted by molar-refractivity contribution is 5.99. The summed E-state index contributed by atoms with van der Waals surface area (Å²) in [6, 6.07) is 6.59. The molecule has 1 aliphatic heterocycles. The van der Waals surface area contributed by atoms with Crippen molar-refractivity contribution in [2.45, 2.75) is 32.2 Å². The van der Waals surface area contributed by atoms with Crippen LogP contribution in [0.2, 0.25) is 0 Å². The van der Waals surface area contributed by atoms with Crippen LogP contribution in [0.25, 0.3) is 0 Å². The molecule has 128 valence electrons. The molecule has 1 fully saturated rings. The standard InChI is InChI=1S/C18H23N3O3/c1-3-16(22)20-15-9-7-14(8-10-15)18(24)19-12-13(2)21-11-5-4-6-17(21)23/h3,7-10,13H,1,4-6,11-12H2,2H3,(H,19,24)(H,20,22). The molecule has 6 heteroatoms. The van der Waals surface area contributed by atoms with Crippen molar-refractivity contribution in [3.05, 3.63) is 42.5 Å². The van der Waals surface area contributed by atoms with Crippen LogP contribution in [0.3, 0.4) is 0 Å². The Morgan fingerprint density at radius 1 is 1.29 bits per heavy atom. The van der Waals surface area contributed by atoms with Crippen LogP contribution >= 0.6 is 0 Å². The van der Waals surface area contributed by atoms with E-state index in [0.717, 1.165) is 19.4 Å². The summed E-state index contributed by atoms with van der Waals surface area (Å²) in [6.45, 7) is 6.50.